The third-order valence-corrected chi connectivity index (χ3v) is 6.01. The quantitative estimate of drug-likeness (QED) is 0.786. The Labute approximate surface area is 165 Å². The molecular weight excluding hydrogens is 354 g/mol. The number of imide groups is 1. The molecule has 3 heterocycles. The largest absolute Gasteiger partial charge is 0.328 e. The normalized spacial score (nSPS) is 24.2. The van der Waals surface area contributed by atoms with Crippen molar-refractivity contribution in [3.05, 3.63) is 47.3 Å². The molecule has 148 valence electrons. The molecule has 0 saturated carbocycles. The number of aryl methyl sites for hydroxylation is 1. The topological polar surface area (TPSA) is 59.5 Å². The Morgan fingerprint density at radius 2 is 1.75 bits per heavy atom. The van der Waals surface area contributed by atoms with Crippen LogP contribution in [0.3, 0.4) is 0 Å². The maximum absolute atomic E-state index is 13.3. The number of aliphatic imine (C=N–C) groups is 1. The maximum atomic E-state index is 13.3. The zero-order chi connectivity index (χ0) is 20.0. The van der Waals surface area contributed by atoms with Crippen molar-refractivity contribution in [2.45, 2.75) is 45.8 Å². The Hall–Kier alpha value is -2.83. The fourth-order valence-corrected chi connectivity index (χ4v) is 4.35. The standard InChI is InChI=1S/C21H27N5O2/c1-5-24-14(2)15(3)26-17-18(22-20(24)26)23(4)21(28)25(19(17)27)13-9-12-16-10-7-6-8-11-16/h6-8,10-11,17-18H,5,9,12-13H2,1-4H3. The summed E-state index contributed by atoms with van der Waals surface area (Å²) >= 11 is 0. The number of hydrogen-bond acceptors (Lipinski definition) is 5. The van der Waals surface area contributed by atoms with Gasteiger partial charge in [-0.25, -0.2) is 9.79 Å². The van der Waals surface area contributed by atoms with Gasteiger partial charge in [-0.2, -0.15) is 0 Å². The third kappa shape index (κ3) is 2.68. The number of allylic oxidation sites excluding steroid dienone is 2. The number of benzene rings is 1. The summed E-state index contributed by atoms with van der Waals surface area (Å²) in [6, 6.07) is 9.41. The first-order chi connectivity index (χ1) is 13.5. The summed E-state index contributed by atoms with van der Waals surface area (Å²) < 4.78 is 0. The smallest absolute Gasteiger partial charge is 0.315 e. The van der Waals surface area contributed by atoms with Gasteiger partial charge in [0.15, 0.2) is 12.2 Å². The van der Waals surface area contributed by atoms with E-state index in [-0.39, 0.29) is 11.9 Å². The highest BCUT2D eigenvalue weighted by Crippen LogP contribution is 2.37. The molecule has 0 aliphatic carbocycles. The van der Waals surface area contributed by atoms with Gasteiger partial charge in [-0.05, 0) is 39.2 Å². The summed E-state index contributed by atoms with van der Waals surface area (Å²) in [7, 11) is 1.74. The van der Waals surface area contributed by atoms with Gasteiger partial charge in [0.2, 0.25) is 5.96 Å². The second-order valence-electron chi connectivity index (χ2n) is 7.55. The van der Waals surface area contributed by atoms with Gasteiger partial charge in [-0.1, -0.05) is 30.3 Å². The first-order valence-corrected chi connectivity index (χ1v) is 9.89. The lowest BCUT2D eigenvalue weighted by Crippen LogP contribution is -2.64. The Morgan fingerprint density at radius 1 is 1.04 bits per heavy atom. The van der Waals surface area contributed by atoms with Crippen molar-refractivity contribution in [1.29, 1.82) is 0 Å². The van der Waals surface area contributed by atoms with Crippen molar-refractivity contribution in [2.24, 2.45) is 4.99 Å². The van der Waals surface area contributed by atoms with Crippen molar-refractivity contribution in [3.63, 3.8) is 0 Å². The maximum Gasteiger partial charge on any atom is 0.328 e. The predicted octanol–water partition coefficient (Wildman–Crippen LogP) is 2.47. The molecule has 0 aromatic heterocycles. The van der Waals surface area contributed by atoms with E-state index in [1.807, 2.05) is 30.0 Å². The first-order valence-electron chi connectivity index (χ1n) is 9.89. The van der Waals surface area contributed by atoms with E-state index in [4.69, 9.17) is 4.99 Å². The summed E-state index contributed by atoms with van der Waals surface area (Å²) in [4.78, 5) is 38.1. The number of amides is 3. The van der Waals surface area contributed by atoms with Crippen molar-refractivity contribution in [3.8, 4) is 0 Å². The molecular formula is C21H27N5O2. The number of likely N-dealkylation sites (N-methyl/N-ethyl adjacent to an activating group) is 1. The van der Waals surface area contributed by atoms with Gasteiger partial charge in [-0.15, -0.1) is 0 Å². The zero-order valence-electron chi connectivity index (χ0n) is 16.9. The third-order valence-electron chi connectivity index (χ3n) is 6.01. The average molecular weight is 381 g/mol. The van der Waals surface area contributed by atoms with Gasteiger partial charge in [0.05, 0.1) is 0 Å². The van der Waals surface area contributed by atoms with Crippen LogP contribution >= 0.6 is 0 Å². The summed E-state index contributed by atoms with van der Waals surface area (Å²) in [5.74, 6) is 0.636. The molecule has 7 nitrogen and oxygen atoms in total. The molecule has 0 bridgehead atoms. The SMILES string of the molecule is CCN1C2=NC3C(C(=O)N(CCCc4ccccc4)C(=O)N3C)N2C(C)=C1C. The number of guanidine groups is 1. The van der Waals surface area contributed by atoms with E-state index in [0.717, 1.165) is 36.7 Å². The molecule has 3 aliphatic heterocycles. The highest BCUT2D eigenvalue weighted by atomic mass is 16.2. The molecule has 7 heteroatoms. The minimum Gasteiger partial charge on any atom is -0.315 e. The van der Waals surface area contributed by atoms with Gasteiger partial charge in [0.25, 0.3) is 5.91 Å². The fraction of sp³-hybridized carbons (Fsp3) is 0.476. The second-order valence-corrected chi connectivity index (χ2v) is 7.55. The van der Waals surface area contributed by atoms with Crippen molar-refractivity contribution in [1.82, 2.24) is 19.6 Å². The highest BCUT2D eigenvalue weighted by Gasteiger charge is 2.55. The van der Waals surface area contributed by atoms with Crippen LogP contribution in [-0.4, -0.2) is 69.8 Å². The van der Waals surface area contributed by atoms with Crippen molar-refractivity contribution in [2.75, 3.05) is 20.1 Å². The van der Waals surface area contributed by atoms with E-state index in [1.54, 1.807) is 11.9 Å². The van der Waals surface area contributed by atoms with Crippen LogP contribution in [-0.2, 0) is 11.2 Å². The van der Waals surface area contributed by atoms with Crippen molar-refractivity contribution >= 4 is 17.9 Å². The van der Waals surface area contributed by atoms with E-state index < -0.39 is 12.2 Å². The summed E-state index contributed by atoms with van der Waals surface area (Å²) in [6.07, 6.45) is 1.12. The minimum atomic E-state index is -0.471. The van der Waals surface area contributed by atoms with Crippen molar-refractivity contribution < 1.29 is 9.59 Å². The van der Waals surface area contributed by atoms with Crippen LogP contribution in [0.15, 0.2) is 46.7 Å². The molecule has 0 N–H and O–H groups in total. The van der Waals surface area contributed by atoms with Gasteiger partial charge in [-0.3, -0.25) is 14.6 Å². The number of nitrogens with zero attached hydrogens (tertiary/aromatic N) is 5. The van der Waals surface area contributed by atoms with Gasteiger partial charge >= 0.3 is 6.03 Å². The lowest BCUT2D eigenvalue weighted by Gasteiger charge is -2.40. The fourth-order valence-electron chi connectivity index (χ4n) is 4.35. The van der Waals surface area contributed by atoms with E-state index in [9.17, 15) is 9.59 Å². The van der Waals surface area contributed by atoms with E-state index in [1.165, 1.54) is 10.5 Å². The molecule has 1 aromatic carbocycles. The summed E-state index contributed by atoms with van der Waals surface area (Å²) in [5, 5.41) is 0. The van der Waals surface area contributed by atoms with E-state index >= 15 is 0 Å². The number of fused-ring (bicyclic) bond motifs is 3. The van der Waals surface area contributed by atoms with Gasteiger partial charge in [0, 0.05) is 31.5 Å². The average Bonchev–Trinajstić information content (AvgIpc) is 3.19. The first kappa shape index (κ1) is 18.5. The molecule has 0 radical (unpaired) electrons. The molecule has 3 aliphatic rings. The molecule has 3 amide bonds. The molecule has 0 spiro atoms. The number of carbonyl (C=O) groups is 2. The molecule has 2 unspecified atom stereocenters. The lowest BCUT2D eigenvalue weighted by molar-refractivity contribution is -0.136. The molecule has 2 atom stereocenters. The molecule has 1 saturated heterocycles. The Kier molecular flexibility index (Phi) is 4.61. The lowest BCUT2D eigenvalue weighted by atomic mass is 10.1. The number of carbonyl (C=O) groups excluding carboxylic acids is 2. The van der Waals surface area contributed by atoms with Crippen LogP contribution in [0.25, 0.3) is 0 Å². The van der Waals surface area contributed by atoms with Crippen LogP contribution in [0.2, 0.25) is 0 Å². The molecule has 1 aromatic rings. The summed E-state index contributed by atoms with van der Waals surface area (Å²) in [6.45, 7) is 7.34. The molecule has 1 fully saturated rings. The second kappa shape index (κ2) is 6.96. The van der Waals surface area contributed by atoms with Crippen LogP contribution < -0.4 is 0 Å². The number of rotatable bonds is 5. The predicted molar refractivity (Wildman–Crippen MR) is 107 cm³/mol. The molecule has 28 heavy (non-hydrogen) atoms. The Bertz CT molecular complexity index is 863. The monoisotopic (exact) mass is 381 g/mol. The van der Waals surface area contributed by atoms with E-state index in [2.05, 4.69) is 30.9 Å². The van der Waals surface area contributed by atoms with E-state index in [0.29, 0.717) is 6.54 Å². The van der Waals surface area contributed by atoms with Crippen LogP contribution in [0.4, 0.5) is 4.79 Å². The summed E-state index contributed by atoms with van der Waals surface area (Å²) in [5.41, 5.74) is 3.36. The highest BCUT2D eigenvalue weighted by molar-refractivity contribution is 6.05. The molecule has 4 rings (SSSR count). The number of urea groups is 1. The number of hydrogen-bond donors (Lipinski definition) is 0. The van der Waals surface area contributed by atoms with Gasteiger partial charge < -0.3 is 9.80 Å². The zero-order valence-corrected chi connectivity index (χ0v) is 16.9. The van der Waals surface area contributed by atoms with Crippen LogP contribution in [0, 0.1) is 0 Å². The van der Waals surface area contributed by atoms with Crippen LogP contribution in [0.5, 0.6) is 0 Å². The van der Waals surface area contributed by atoms with Gasteiger partial charge in [0.1, 0.15) is 0 Å². The Morgan fingerprint density at radius 3 is 2.43 bits per heavy atom. The minimum absolute atomic E-state index is 0.148. The Balaban J connectivity index is 1.54. The van der Waals surface area contributed by atoms with Crippen LogP contribution in [0.1, 0.15) is 32.8 Å².